The van der Waals surface area contributed by atoms with E-state index in [1.54, 1.807) is 11.3 Å². The smallest absolute Gasteiger partial charge is 0.315 e. The lowest BCUT2D eigenvalue weighted by molar-refractivity contribution is 0.236. The first-order valence-corrected chi connectivity index (χ1v) is 8.73. The molecule has 2 aromatic rings. The lowest BCUT2D eigenvalue weighted by Gasteiger charge is -2.13. The molecule has 3 rings (SSSR count). The number of carbonyl (C=O) groups excluding carboxylic acids is 1. The van der Waals surface area contributed by atoms with Gasteiger partial charge in [0.25, 0.3) is 0 Å². The summed E-state index contributed by atoms with van der Waals surface area (Å²) < 4.78 is 1.95. The third-order valence-electron chi connectivity index (χ3n) is 4.05. The van der Waals surface area contributed by atoms with Crippen molar-refractivity contribution < 1.29 is 4.79 Å². The third kappa shape index (κ3) is 3.68. The molecule has 1 aliphatic carbocycles. The Hall–Kier alpha value is -1.82. The van der Waals surface area contributed by atoms with E-state index in [9.17, 15) is 4.79 Å². The first-order chi connectivity index (χ1) is 10.7. The Morgan fingerprint density at radius 2 is 2.27 bits per heavy atom. The van der Waals surface area contributed by atoms with Gasteiger partial charge in [0.2, 0.25) is 0 Å². The number of nitrogens with zero attached hydrogens (tertiary/aromatic N) is 2. The van der Waals surface area contributed by atoms with E-state index in [0.717, 1.165) is 24.2 Å². The third-order valence-corrected chi connectivity index (χ3v) is 4.95. The van der Waals surface area contributed by atoms with Gasteiger partial charge in [-0.1, -0.05) is 18.9 Å². The van der Waals surface area contributed by atoms with E-state index in [1.165, 1.54) is 17.7 Å². The van der Waals surface area contributed by atoms with Crippen LogP contribution in [0.4, 0.5) is 4.79 Å². The largest absolute Gasteiger partial charge is 0.336 e. The molecule has 1 fully saturated rings. The number of urea groups is 1. The molecule has 0 saturated heterocycles. The highest BCUT2D eigenvalue weighted by Crippen LogP contribution is 2.23. The highest BCUT2D eigenvalue weighted by Gasteiger charge is 2.16. The predicted octanol–water partition coefficient (Wildman–Crippen LogP) is 3.16. The average Bonchev–Trinajstić information content (AvgIpc) is 3.21. The van der Waals surface area contributed by atoms with Crippen LogP contribution in [-0.2, 0) is 6.54 Å². The van der Waals surface area contributed by atoms with E-state index in [-0.39, 0.29) is 6.03 Å². The van der Waals surface area contributed by atoms with Crippen LogP contribution in [0, 0.1) is 6.92 Å². The van der Waals surface area contributed by atoms with Gasteiger partial charge in [0.1, 0.15) is 5.69 Å². The zero-order chi connectivity index (χ0) is 15.4. The molecule has 0 bridgehead atoms. The quantitative estimate of drug-likeness (QED) is 0.889. The van der Waals surface area contributed by atoms with Crippen LogP contribution in [0.3, 0.4) is 0 Å². The molecule has 2 N–H and O–H groups in total. The molecule has 22 heavy (non-hydrogen) atoms. The SMILES string of the molecule is Cc1cc(-c2cccs2)nn1CCNC(=O)NC1CCCC1. The molecular formula is C16H22N4OS. The van der Waals surface area contributed by atoms with Crippen LogP contribution in [0.1, 0.15) is 31.4 Å². The number of thiophene rings is 1. The monoisotopic (exact) mass is 318 g/mol. The molecule has 0 radical (unpaired) electrons. The zero-order valence-corrected chi connectivity index (χ0v) is 13.7. The molecule has 0 aliphatic heterocycles. The fourth-order valence-electron chi connectivity index (χ4n) is 2.86. The summed E-state index contributed by atoms with van der Waals surface area (Å²) >= 11 is 1.69. The minimum absolute atomic E-state index is 0.0600. The van der Waals surface area contributed by atoms with Gasteiger partial charge < -0.3 is 10.6 Å². The highest BCUT2D eigenvalue weighted by molar-refractivity contribution is 7.13. The molecule has 0 aromatic carbocycles. The summed E-state index contributed by atoms with van der Waals surface area (Å²) in [6.45, 7) is 3.32. The van der Waals surface area contributed by atoms with E-state index < -0.39 is 0 Å². The molecule has 2 aromatic heterocycles. The van der Waals surface area contributed by atoms with Gasteiger partial charge in [0.15, 0.2) is 0 Å². The minimum Gasteiger partial charge on any atom is -0.336 e. The summed E-state index contributed by atoms with van der Waals surface area (Å²) in [6, 6.07) is 6.49. The van der Waals surface area contributed by atoms with Crippen molar-refractivity contribution >= 4 is 17.4 Å². The second-order valence-electron chi connectivity index (χ2n) is 5.75. The molecule has 0 atom stereocenters. The van der Waals surface area contributed by atoms with Crippen LogP contribution in [0.2, 0.25) is 0 Å². The normalized spacial score (nSPS) is 15.1. The van der Waals surface area contributed by atoms with E-state index in [0.29, 0.717) is 19.1 Å². The van der Waals surface area contributed by atoms with Crippen molar-refractivity contribution in [1.82, 2.24) is 20.4 Å². The number of amides is 2. The maximum atomic E-state index is 11.8. The maximum absolute atomic E-state index is 11.8. The van der Waals surface area contributed by atoms with Gasteiger partial charge in [0, 0.05) is 18.3 Å². The van der Waals surface area contributed by atoms with Crippen molar-refractivity contribution in [2.45, 2.75) is 45.2 Å². The van der Waals surface area contributed by atoms with Gasteiger partial charge in [0.05, 0.1) is 11.4 Å². The van der Waals surface area contributed by atoms with Crippen molar-refractivity contribution in [1.29, 1.82) is 0 Å². The predicted molar refractivity (Wildman–Crippen MR) is 89.1 cm³/mol. The molecule has 1 saturated carbocycles. The molecule has 5 nitrogen and oxygen atoms in total. The number of rotatable bonds is 5. The molecule has 2 heterocycles. The fraction of sp³-hybridized carbons (Fsp3) is 0.500. The second kappa shape index (κ2) is 6.96. The van der Waals surface area contributed by atoms with Crippen LogP contribution in [-0.4, -0.2) is 28.4 Å². The summed E-state index contributed by atoms with van der Waals surface area (Å²) in [5.74, 6) is 0. The van der Waals surface area contributed by atoms with Crippen LogP contribution in [0.5, 0.6) is 0 Å². The number of hydrogen-bond acceptors (Lipinski definition) is 3. The Balaban J connectivity index is 1.48. The van der Waals surface area contributed by atoms with E-state index in [4.69, 9.17) is 0 Å². The summed E-state index contributed by atoms with van der Waals surface area (Å²) in [6.07, 6.45) is 4.66. The van der Waals surface area contributed by atoms with Crippen molar-refractivity contribution in [2.75, 3.05) is 6.54 Å². The number of carbonyl (C=O) groups is 1. The van der Waals surface area contributed by atoms with Gasteiger partial charge in [-0.2, -0.15) is 5.10 Å². The van der Waals surface area contributed by atoms with Gasteiger partial charge in [-0.05, 0) is 37.3 Å². The minimum atomic E-state index is -0.0600. The van der Waals surface area contributed by atoms with Crippen LogP contribution >= 0.6 is 11.3 Å². The van der Waals surface area contributed by atoms with Crippen molar-refractivity contribution in [2.24, 2.45) is 0 Å². The molecule has 0 unspecified atom stereocenters. The first kappa shape index (κ1) is 15.1. The van der Waals surface area contributed by atoms with Gasteiger partial charge >= 0.3 is 6.03 Å². The summed E-state index contributed by atoms with van der Waals surface area (Å²) in [5, 5.41) is 12.6. The fourth-order valence-corrected chi connectivity index (χ4v) is 3.54. The maximum Gasteiger partial charge on any atom is 0.315 e. The molecule has 1 aliphatic rings. The topological polar surface area (TPSA) is 59.0 Å². The molecule has 118 valence electrons. The van der Waals surface area contributed by atoms with Crippen LogP contribution < -0.4 is 10.6 Å². The Morgan fingerprint density at radius 3 is 3.00 bits per heavy atom. The number of hydrogen-bond donors (Lipinski definition) is 2. The van der Waals surface area contributed by atoms with Crippen LogP contribution in [0.25, 0.3) is 10.6 Å². The van der Waals surface area contributed by atoms with E-state index in [2.05, 4.69) is 33.2 Å². The summed E-state index contributed by atoms with van der Waals surface area (Å²) in [4.78, 5) is 13.0. The standard InChI is InChI=1S/C16H22N4OS/c1-12-11-14(15-7-4-10-22-15)19-20(12)9-8-17-16(21)18-13-5-2-3-6-13/h4,7,10-11,13H,2-3,5-6,8-9H2,1H3,(H2,17,18,21). The molecular weight excluding hydrogens is 296 g/mol. The Morgan fingerprint density at radius 1 is 1.45 bits per heavy atom. The van der Waals surface area contributed by atoms with Crippen LogP contribution in [0.15, 0.2) is 23.6 Å². The zero-order valence-electron chi connectivity index (χ0n) is 12.8. The van der Waals surface area contributed by atoms with Gasteiger partial charge in [-0.3, -0.25) is 4.68 Å². The molecule has 6 heteroatoms. The molecule has 0 spiro atoms. The van der Waals surface area contributed by atoms with E-state index in [1.807, 2.05) is 17.7 Å². The Bertz CT molecular complexity index is 614. The summed E-state index contributed by atoms with van der Waals surface area (Å²) in [5.41, 5.74) is 2.12. The lowest BCUT2D eigenvalue weighted by Crippen LogP contribution is -2.42. The number of aromatic nitrogens is 2. The lowest BCUT2D eigenvalue weighted by atomic mass is 10.2. The van der Waals surface area contributed by atoms with Crippen molar-refractivity contribution in [3.8, 4) is 10.6 Å². The second-order valence-corrected chi connectivity index (χ2v) is 6.70. The highest BCUT2D eigenvalue weighted by atomic mass is 32.1. The first-order valence-electron chi connectivity index (χ1n) is 7.85. The van der Waals surface area contributed by atoms with Crippen molar-refractivity contribution in [3.63, 3.8) is 0 Å². The van der Waals surface area contributed by atoms with Crippen molar-refractivity contribution in [3.05, 3.63) is 29.3 Å². The average molecular weight is 318 g/mol. The Labute approximate surface area is 134 Å². The Kier molecular flexibility index (Phi) is 4.77. The number of nitrogens with one attached hydrogen (secondary N) is 2. The summed E-state index contributed by atoms with van der Waals surface area (Å²) in [7, 11) is 0. The molecule has 2 amide bonds. The van der Waals surface area contributed by atoms with E-state index >= 15 is 0 Å². The number of aryl methyl sites for hydroxylation is 1. The van der Waals surface area contributed by atoms with Gasteiger partial charge in [-0.15, -0.1) is 11.3 Å². The van der Waals surface area contributed by atoms with Gasteiger partial charge in [-0.25, -0.2) is 4.79 Å².